The van der Waals surface area contributed by atoms with Gasteiger partial charge in [0.2, 0.25) is 0 Å². The Bertz CT molecular complexity index is 618. The van der Waals surface area contributed by atoms with Gasteiger partial charge in [0.15, 0.2) is 0 Å². The van der Waals surface area contributed by atoms with Gasteiger partial charge in [0.25, 0.3) is 0 Å². The van der Waals surface area contributed by atoms with E-state index in [-0.39, 0.29) is 0 Å². The Labute approximate surface area is 117 Å². The second-order valence-electron chi connectivity index (χ2n) is 4.04. The monoisotopic (exact) mass is 272 g/mol. The van der Waals surface area contributed by atoms with Gasteiger partial charge < -0.3 is 4.74 Å². The van der Waals surface area contributed by atoms with Crippen LogP contribution in [0.25, 0.3) is 11.1 Å². The number of benzene rings is 2. The molecule has 0 saturated heterocycles. The summed E-state index contributed by atoms with van der Waals surface area (Å²) in [5.41, 5.74) is 2.97. The molecule has 0 spiro atoms. The first-order valence-electron chi connectivity index (χ1n) is 5.82. The highest BCUT2D eigenvalue weighted by Gasteiger charge is 2.12. The molecule has 0 bridgehead atoms. The van der Waals surface area contributed by atoms with Gasteiger partial charge in [-0.2, -0.15) is 0 Å². The molecule has 0 aliphatic rings. The third-order valence-corrected chi connectivity index (χ3v) is 3.28. The Kier molecular flexibility index (Phi) is 4.03. The topological polar surface area (TPSA) is 26.3 Å². The first-order chi connectivity index (χ1) is 9.13. The van der Waals surface area contributed by atoms with Crippen LogP contribution in [0.1, 0.15) is 5.56 Å². The summed E-state index contributed by atoms with van der Waals surface area (Å²) < 4.78 is 5.08. The van der Waals surface area contributed by atoms with Gasteiger partial charge in [-0.15, -0.1) is 0 Å². The lowest BCUT2D eigenvalue weighted by Crippen LogP contribution is -2.04. The molecule has 0 aliphatic heterocycles. The van der Waals surface area contributed by atoms with E-state index < -0.39 is 5.97 Å². The molecular formula is C16H13ClO2. The summed E-state index contributed by atoms with van der Waals surface area (Å²) in [5.74, 6) is -0.169. The van der Waals surface area contributed by atoms with E-state index >= 15 is 0 Å². The van der Waals surface area contributed by atoms with Crippen LogP contribution < -0.4 is 4.74 Å². The zero-order valence-corrected chi connectivity index (χ0v) is 11.3. The Balaban J connectivity index is 2.43. The van der Waals surface area contributed by atoms with E-state index in [2.05, 4.69) is 6.58 Å². The van der Waals surface area contributed by atoms with Crippen LogP contribution in [0, 0.1) is 6.92 Å². The molecule has 2 aromatic carbocycles. The van der Waals surface area contributed by atoms with Gasteiger partial charge in [0.1, 0.15) is 5.75 Å². The molecule has 0 heterocycles. The fourth-order valence-electron chi connectivity index (χ4n) is 1.82. The highest BCUT2D eigenvalue weighted by molar-refractivity contribution is 6.33. The summed E-state index contributed by atoms with van der Waals surface area (Å²) in [6.07, 6.45) is 1.11. The molecule has 96 valence electrons. The van der Waals surface area contributed by atoms with E-state index in [0.29, 0.717) is 10.8 Å². The van der Waals surface area contributed by atoms with E-state index in [9.17, 15) is 4.79 Å². The van der Waals surface area contributed by atoms with Crippen molar-refractivity contribution in [2.75, 3.05) is 0 Å². The third kappa shape index (κ3) is 2.85. The predicted molar refractivity (Wildman–Crippen MR) is 77.5 cm³/mol. The molecule has 0 saturated carbocycles. The second kappa shape index (κ2) is 5.72. The maximum atomic E-state index is 11.2. The summed E-state index contributed by atoms with van der Waals surface area (Å²) in [7, 11) is 0. The first kappa shape index (κ1) is 13.4. The maximum absolute atomic E-state index is 11.2. The Morgan fingerprint density at radius 3 is 2.53 bits per heavy atom. The van der Waals surface area contributed by atoms with Crippen molar-refractivity contribution in [2.45, 2.75) is 6.92 Å². The van der Waals surface area contributed by atoms with Crippen LogP contribution in [0.2, 0.25) is 5.02 Å². The standard InChI is InChI=1S/C16H13ClO2/c1-3-15(18)19-14-10-9-13(11(2)16(14)17)12-7-5-4-6-8-12/h3-10H,1H2,2H3. The minimum Gasteiger partial charge on any atom is -0.422 e. The molecule has 0 amide bonds. The fourth-order valence-corrected chi connectivity index (χ4v) is 2.02. The van der Waals surface area contributed by atoms with Crippen molar-refractivity contribution >= 4 is 17.6 Å². The largest absolute Gasteiger partial charge is 0.422 e. The quantitative estimate of drug-likeness (QED) is 0.470. The van der Waals surface area contributed by atoms with Gasteiger partial charge >= 0.3 is 5.97 Å². The summed E-state index contributed by atoms with van der Waals surface area (Å²) in [6, 6.07) is 13.5. The van der Waals surface area contributed by atoms with E-state index in [1.165, 1.54) is 0 Å². The van der Waals surface area contributed by atoms with Gasteiger partial charge in [-0.05, 0) is 29.7 Å². The molecule has 0 atom stereocenters. The highest BCUT2D eigenvalue weighted by Crippen LogP contribution is 2.35. The lowest BCUT2D eigenvalue weighted by atomic mass is 10.0. The molecule has 0 aromatic heterocycles. The smallest absolute Gasteiger partial charge is 0.335 e. The molecule has 19 heavy (non-hydrogen) atoms. The lowest BCUT2D eigenvalue weighted by molar-refractivity contribution is -0.128. The second-order valence-corrected chi connectivity index (χ2v) is 4.42. The van der Waals surface area contributed by atoms with Crippen LogP contribution in [-0.4, -0.2) is 5.97 Å². The summed E-state index contributed by atoms with van der Waals surface area (Å²) in [6.45, 7) is 5.26. The van der Waals surface area contributed by atoms with Crippen molar-refractivity contribution < 1.29 is 9.53 Å². The molecular weight excluding hydrogens is 260 g/mol. The summed E-state index contributed by atoms with van der Waals surface area (Å²) >= 11 is 6.24. The minimum absolute atomic E-state index is 0.351. The molecule has 2 aromatic rings. The zero-order valence-electron chi connectivity index (χ0n) is 10.5. The van der Waals surface area contributed by atoms with Gasteiger partial charge in [-0.3, -0.25) is 0 Å². The van der Waals surface area contributed by atoms with Crippen molar-refractivity contribution in [3.63, 3.8) is 0 Å². The van der Waals surface area contributed by atoms with Gasteiger partial charge in [-0.25, -0.2) is 4.79 Å². The van der Waals surface area contributed by atoms with Crippen LogP contribution in [0.15, 0.2) is 55.1 Å². The van der Waals surface area contributed by atoms with E-state index in [4.69, 9.17) is 16.3 Å². The van der Waals surface area contributed by atoms with E-state index in [0.717, 1.165) is 22.8 Å². The SMILES string of the molecule is C=CC(=O)Oc1ccc(-c2ccccc2)c(C)c1Cl. The molecule has 0 N–H and O–H groups in total. The number of halogens is 1. The van der Waals surface area contributed by atoms with Crippen LogP contribution in [0.5, 0.6) is 5.75 Å². The van der Waals surface area contributed by atoms with Crippen molar-refractivity contribution in [1.29, 1.82) is 0 Å². The van der Waals surface area contributed by atoms with Gasteiger partial charge in [-0.1, -0.05) is 54.6 Å². The number of hydrogen-bond acceptors (Lipinski definition) is 2. The first-order valence-corrected chi connectivity index (χ1v) is 6.20. The summed E-state index contributed by atoms with van der Waals surface area (Å²) in [4.78, 5) is 11.2. The lowest BCUT2D eigenvalue weighted by Gasteiger charge is -2.11. The number of hydrogen-bond donors (Lipinski definition) is 0. The molecule has 0 aliphatic carbocycles. The third-order valence-electron chi connectivity index (χ3n) is 2.81. The number of ether oxygens (including phenoxy) is 1. The molecule has 0 fully saturated rings. The summed E-state index contributed by atoms with van der Waals surface area (Å²) in [5, 5.41) is 0.441. The Hall–Kier alpha value is -2.06. The Morgan fingerprint density at radius 1 is 1.21 bits per heavy atom. The molecule has 2 nitrogen and oxygen atoms in total. The average molecular weight is 273 g/mol. The molecule has 0 unspecified atom stereocenters. The number of esters is 1. The zero-order chi connectivity index (χ0) is 13.8. The van der Waals surface area contributed by atoms with Crippen molar-refractivity contribution in [3.05, 3.63) is 65.7 Å². The van der Waals surface area contributed by atoms with Crippen LogP contribution >= 0.6 is 11.6 Å². The van der Waals surface area contributed by atoms with Crippen molar-refractivity contribution in [3.8, 4) is 16.9 Å². The minimum atomic E-state index is -0.520. The highest BCUT2D eigenvalue weighted by atomic mass is 35.5. The molecule has 2 rings (SSSR count). The number of carbonyl (C=O) groups is 1. The van der Waals surface area contributed by atoms with E-state index in [1.54, 1.807) is 6.07 Å². The number of rotatable bonds is 3. The van der Waals surface area contributed by atoms with Crippen LogP contribution in [0.4, 0.5) is 0 Å². The van der Waals surface area contributed by atoms with Gasteiger partial charge in [0, 0.05) is 6.08 Å². The molecule has 3 heteroatoms. The van der Waals surface area contributed by atoms with Gasteiger partial charge in [0.05, 0.1) is 5.02 Å². The molecule has 0 radical (unpaired) electrons. The normalized spacial score (nSPS) is 10.0. The van der Waals surface area contributed by atoms with Crippen molar-refractivity contribution in [2.24, 2.45) is 0 Å². The van der Waals surface area contributed by atoms with E-state index in [1.807, 2.05) is 43.3 Å². The van der Waals surface area contributed by atoms with Crippen molar-refractivity contribution in [1.82, 2.24) is 0 Å². The van der Waals surface area contributed by atoms with Crippen LogP contribution in [-0.2, 0) is 4.79 Å². The Morgan fingerprint density at radius 2 is 1.89 bits per heavy atom. The predicted octanol–water partition coefficient (Wildman–Crippen LogP) is 4.41. The number of carbonyl (C=O) groups excluding carboxylic acids is 1. The van der Waals surface area contributed by atoms with Crippen LogP contribution in [0.3, 0.4) is 0 Å². The maximum Gasteiger partial charge on any atom is 0.335 e. The average Bonchev–Trinajstić information content (AvgIpc) is 2.45. The fraction of sp³-hybridized carbons (Fsp3) is 0.0625.